The maximum absolute atomic E-state index is 12.1. The monoisotopic (exact) mass is 332 g/mol. The molecule has 0 spiro atoms. The lowest BCUT2D eigenvalue weighted by Crippen LogP contribution is -2.25. The molecular weight excluding hydrogens is 312 g/mol. The second-order valence-electron chi connectivity index (χ2n) is 6.00. The van der Waals surface area contributed by atoms with Gasteiger partial charge in [-0.3, -0.25) is 9.59 Å². The van der Waals surface area contributed by atoms with E-state index in [0.717, 1.165) is 22.0 Å². The Bertz CT molecular complexity index is 972. The normalized spacial score (nSPS) is 11.1. The zero-order valence-corrected chi connectivity index (χ0v) is 14.1. The Labute approximate surface area is 146 Å². The van der Waals surface area contributed by atoms with Crippen molar-refractivity contribution in [1.29, 1.82) is 0 Å². The fourth-order valence-electron chi connectivity index (χ4n) is 2.66. The van der Waals surface area contributed by atoms with Crippen LogP contribution in [0, 0.1) is 6.92 Å². The maximum Gasteiger partial charge on any atom is 0.251 e. The molecule has 2 aromatic carbocycles. The highest BCUT2D eigenvalue weighted by molar-refractivity contribution is 5.91. The molecule has 2 N–H and O–H groups in total. The maximum atomic E-state index is 12.1. The number of carbonyl (C=O) groups excluding carboxylic acids is 1. The first-order valence-corrected chi connectivity index (χ1v) is 8.25. The van der Waals surface area contributed by atoms with Gasteiger partial charge >= 0.3 is 0 Å². The summed E-state index contributed by atoms with van der Waals surface area (Å²) in [6.45, 7) is 2.41. The van der Waals surface area contributed by atoms with Gasteiger partial charge in [0.2, 0.25) is 5.91 Å². The van der Waals surface area contributed by atoms with Gasteiger partial charge < -0.3 is 10.3 Å². The minimum atomic E-state index is -0.170. The molecule has 1 amide bonds. The number of amides is 1. The molecule has 0 saturated heterocycles. The third-order valence-electron chi connectivity index (χ3n) is 4.00. The first-order chi connectivity index (χ1) is 12.1. The van der Waals surface area contributed by atoms with Gasteiger partial charge in [0.15, 0.2) is 0 Å². The molecule has 0 aliphatic rings. The van der Waals surface area contributed by atoms with Crippen molar-refractivity contribution in [3.8, 4) is 0 Å². The number of benzene rings is 2. The Balaban J connectivity index is 1.60. The molecule has 4 nitrogen and oxygen atoms in total. The molecule has 25 heavy (non-hydrogen) atoms. The van der Waals surface area contributed by atoms with E-state index in [1.165, 1.54) is 6.08 Å². The Morgan fingerprint density at radius 2 is 1.92 bits per heavy atom. The predicted octanol–water partition coefficient (Wildman–Crippen LogP) is 3.21. The smallest absolute Gasteiger partial charge is 0.251 e. The topological polar surface area (TPSA) is 62.0 Å². The molecule has 0 saturated carbocycles. The summed E-state index contributed by atoms with van der Waals surface area (Å²) in [4.78, 5) is 26.9. The average molecular weight is 332 g/mol. The standard InChI is InChI=1S/C21H20N2O2/c1-15-7-9-17-14-18(21(25)23-19(17)13-15)11-12-22-20(24)10-8-16-5-3-2-4-6-16/h2-10,13-14H,11-12H2,1H3,(H,22,24)(H,23,25). The summed E-state index contributed by atoms with van der Waals surface area (Å²) >= 11 is 0. The summed E-state index contributed by atoms with van der Waals surface area (Å²) < 4.78 is 0. The fourth-order valence-corrected chi connectivity index (χ4v) is 2.66. The number of fused-ring (bicyclic) bond motifs is 1. The number of pyridine rings is 1. The van der Waals surface area contributed by atoms with E-state index in [9.17, 15) is 9.59 Å². The van der Waals surface area contributed by atoms with Gasteiger partial charge in [-0.25, -0.2) is 0 Å². The van der Waals surface area contributed by atoms with Crippen molar-refractivity contribution in [2.75, 3.05) is 6.54 Å². The Kier molecular flexibility index (Phi) is 5.09. The number of hydrogen-bond donors (Lipinski definition) is 2. The number of aromatic amines is 1. The van der Waals surface area contributed by atoms with E-state index in [-0.39, 0.29) is 11.5 Å². The van der Waals surface area contributed by atoms with Gasteiger partial charge in [0.25, 0.3) is 5.56 Å². The first kappa shape index (κ1) is 16.7. The highest BCUT2D eigenvalue weighted by Crippen LogP contribution is 2.13. The highest BCUT2D eigenvalue weighted by Gasteiger charge is 2.04. The largest absolute Gasteiger partial charge is 0.352 e. The number of nitrogens with one attached hydrogen (secondary N) is 2. The molecule has 1 heterocycles. The third-order valence-corrected chi connectivity index (χ3v) is 4.00. The minimum Gasteiger partial charge on any atom is -0.352 e. The van der Waals surface area contributed by atoms with E-state index >= 15 is 0 Å². The lowest BCUT2D eigenvalue weighted by molar-refractivity contribution is -0.116. The van der Waals surface area contributed by atoms with E-state index in [1.54, 1.807) is 6.08 Å². The van der Waals surface area contributed by atoms with Crippen LogP contribution < -0.4 is 10.9 Å². The van der Waals surface area contributed by atoms with Gasteiger partial charge in [-0.05, 0) is 48.1 Å². The van der Waals surface area contributed by atoms with Crippen molar-refractivity contribution < 1.29 is 4.79 Å². The molecule has 3 rings (SSSR count). The Hall–Kier alpha value is -3.14. The van der Waals surface area contributed by atoms with Crippen molar-refractivity contribution in [2.45, 2.75) is 13.3 Å². The van der Waals surface area contributed by atoms with Gasteiger partial charge in [0, 0.05) is 23.7 Å². The molecule has 0 bridgehead atoms. The van der Waals surface area contributed by atoms with Gasteiger partial charge in [-0.1, -0.05) is 42.5 Å². The van der Waals surface area contributed by atoms with Crippen LogP contribution in [0.4, 0.5) is 0 Å². The van der Waals surface area contributed by atoms with Crippen LogP contribution in [0.1, 0.15) is 16.7 Å². The van der Waals surface area contributed by atoms with E-state index in [0.29, 0.717) is 18.5 Å². The number of hydrogen-bond acceptors (Lipinski definition) is 2. The molecule has 0 unspecified atom stereocenters. The van der Waals surface area contributed by atoms with Gasteiger partial charge in [-0.2, -0.15) is 0 Å². The number of aromatic nitrogens is 1. The lowest BCUT2D eigenvalue weighted by atomic mass is 10.1. The van der Waals surface area contributed by atoms with Crippen LogP contribution >= 0.6 is 0 Å². The van der Waals surface area contributed by atoms with Crippen LogP contribution in [0.25, 0.3) is 17.0 Å². The van der Waals surface area contributed by atoms with Crippen molar-refractivity contribution in [2.24, 2.45) is 0 Å². The molecule has 1 aromatic heterocycles. The first-order valence-electron chi connectivity index (χ1n) is 8.25. The van der Waals surface area contributed by atoms with Crippen molar-refractivity contribution in [3.05, 3.63) is 87.7 Å². The number of H-pyrrole nitrogens is 1. The van der Waals surface area contributed by atoms with E-state index in [2.05, 4.69) is 10.3 Å². The average Bonchev–Trinajstić information content (AvgIpc) is 2.61. The molecular formula is C21H20N2O2. The summed E-state index contributed by atoms with van der Waals surface area (Å²) in [5.74, 6) is -0.170. The van der Waals surface area contributed by atoms with Crippen LogP contribution in [0.5, 0.6) is 0 Å². The Morgan fingerprint density at radius 1 is 1.12 bits per heavy atom. The van der Waals surface area contributed by atoms with Gasteiger partial charge in [0.05, 0.1) is 0 Å². The summed E-state index contributed by atoms with van der Waals surface area (Å²) in [5, 5.41) is 3.80. The van der Waals surface area contributed by atoms with E-state index < -0.39 is 0 Å². The van der Waals surface area contributed by atoms with Crippen molar-refractivity contribution in [3.63, 3.8) is 0 Å². The summed E-state index contributed by atoms with van der Waals surface area (Å²) in [6, 6.07) is 17.5. The number of rotatable bonds is 5. The molecule has 0 aliphatic carbocycles. The van der Waals surface area contributed by atoms with Crippen molar-refractivity contribution in [1.82, 2.24) is 10.3 Å². The quantitative estimate of drug-likeness (QED) is 0.705. The number of aryl methyl sites for hydroxylation is 1. The third kappa shape index (κ3) is 4.44. The van der Waals surface area contributed by atoms with Crippen molar-refractivity contribution >= 4 is 22.9 Å². The van der Waals surface area contributed by atoms with Crippen LogP contribution in [-0.2, 0) is 11.2 Å². The minimum absolute atomic E-state index is 0.104. The number of carbonyl (C=O) groups is 1. The molecule has 0 aliphatic heterocycles. The van der Waals surface area contributed by atoms with E-state index in [1.807, 2.05) is 61.5 Å². The van der Waals surface area contributed by atoms with E-state index in [4.69, 9.17) is 0 Å². The zero-order chi connectivity index (χ0) is 17.6. The van der Waals surface area contributed by atoms with Crippen LogP contribution in [0.2, 0.25) is 0 Å². The van der Waals surface area contributed by atoms with Gasteiger partial charge in [-0.15, -0.1) is 0 Å². The molecule has 0 radical (unpaired) electrons. The Morgan fingerprint density at radius 3 is 2.72 bits per heavy atom. The van der Waals surface area contributed by atoms with Crippen LogP contribution in [0.15, 0.2) is 65.5 Å². The lowest BCUT2D eigenvalue weighted by Gasteiger charge is -2.05. The molecule has 126 valence electrons. The van der Waals surface area contributed by atoms with Crippen LogP contribution in [0.3, 0.4) is 0 Å². The SMILES string of the molecule is Cc1ccc2cc(CCNC(=O)C=Cc3ccccc3)c(=O)[nH]c2c1. The second kappa shape index (κ2) is 7.62. The predicted molar refractivity (Wildman–Crippen MR) is 101 cm³/mol. The molecule has 0 fully saturated rings. The zero-order valence-electron chi connectivity index (χ0n) is 14.1. The second-order valence-corrected chi connectivity index (χ2v) is 6.00. The molecule has 3 aromatic rings. The fraction of sp³-hybridized carbons (Fsp3) is 0.143. The molecule has 4 heteroatoms. The summed E-state index contributed by atoms with van der Waals surface area (Å²) in [7, 11) is 0. The summed E-state index contributed by atoms with van der Waals surface area (Å²) in [5.41, 5.74) is 3.48. The van der Waals surface area contributed by atoms with Crippen LogP contribution in [-0.4, -0.2) is 17.4 Å². The highest BCUT2D eigenvalue weighted by atomic mass is 16.1. The summed E-state index contributed by atoms with van der Waals surface area (Å²) in [6.07, 6.45) is 3.76. The van der Waals surface area contributed by atoms with Gasteiger partial charge in [0.1, 0.15) is 0 Å². The molecule has 0 atom stereocenters.